The summed E-state index contributed by atoms with van der Waals surface area (Å²) in [5.74, 6) is 1.93. The number of piperazine rings is 1. The van der Waals surface area contributed by atoms with E-state index in [-0.39, 0.29) is 5.97 Å². The Morgan fingerprint density at radius 1 is 1.06 bits per heavy atom. The standard InChI is InChI=1S/C23H25N7O2/c1-4-32-22(31)20-16(3)17-7-5-6-8-18(17)27-21(20)29-11-9-28(10-12-29)19-13-15(2)26-23-24-14-25-30(19)23/h5-8,13-14H,4,9-12H2,1-3H3. The van der Waals surface area contributed by atoms with Crippen molar-refractivity contribution in [3.05, 3.63) is 53.5 Å². The number of hydrogen-bond donors (Lipinski definition) is 0. The van der Waals surface area contributed by atoms with Gasteiger partial charge in [0.15, 0.2) is 0 Å². The first kappa shape index (κ1) is 20.2. The van der Waals surface area contributed by atoms with Crippen molar-refractivity contribution in [2.45, 2.75) is 20.8 Å². The summed E-state index contributed by atoms with van der Waals surface area (Å²) in [5.41, 5.74) is 3.24. The Hall–Kier alpha value is -3.75. The molecule has 5 rings (SSSR count). The zero-order valence-corrected chi connectivity index (χ0v) is 18.4. The number of pyridine rings is 1. The second kappa shape index (κ2) is 8.07. The molecule has 0 aliphatic carbocycles. The fourth-order valence-corrected chi connectivity index (χ4v) is 4.32. The van der Waals surface area contributed by atoms with Gasteiger partial charge in [0, 0.05) is 43.3 Å². The molecular weight excluding hydrogens is 406 g/mol. The normalized spacial score (nSPS) is 14.3. The summed E-state index contributed by atoms with van der Waals surface area (Å²) in [4.78, 5) is 30.9. The predicted octanol–water partition coefficient (Wildman–Crippen LogP) is 2.79. The van der Waals surface area contributed by atoms with Gasteiger partial charge in [0.2, 0.25) is 0 Å². The van der Waals surface area contributed by atoms with E-state index in [4.69, 9.17) is 9.72 Å². The van der Waals surface area contributed by atoms with Gasteiger partial charge in [-0.15, -0.1) is 0 Å². The van der Waals surface area contributed by atoms with Crippen LogP contribution in [0, 0.1) is 13.8 Å². The van der Waals surface area contributed by atoms with Gasteiger partial charge < -0.3 is 14.5 Å². The number of aryl methyl sites for hydroxylation is 2. The maximum Gasteiger partial charge on any atom is 0.342 e. The highest BCUT2D eigenvalue weighted by atomic mass is 16.5. The number of esters is 1. The highest BCUT2D eigenvalue weighted by Gasteiger charge is 2.27. The molecule has 0 atom stereocenters. The van der Waals surface area contributed by atoms with Gasteiger partial charge in [-0.3, -0.25) is 0 Å². The molecule has 1 aromatic carbocycles. The van der Waals surface area contributed by atoms with E-state index >= 15 is 0 Å². The smallest absolute Gasteiger partial charge is 0.342 e. The SMILES string of the molecule is CCOC(=O)c1c(N2CCN(c3cc(C)nc4ncnn34)CC2)nc2ccccc2c1C. The summed E-state index contributed by atoms with van der Waals surface area (Å²) < 4.78 is 7.16. The molecule has 0 spiro atoms. The molecule has 0 N–H and O–H groups in total. The minimum Gasteiger partial charge on any atom is -0.462 e. The first-order valence-electron chi connectivity index (χ1n) is 10.8. The molecule has 0 bridgehead atoms. The molecule has 0 unspecified atom stereocenters. The number of para-hydroxylation sites is 1. The summed E-state index contributed by atoms with van der Waals surface area (Å²) in [6.45, 7) is 9.03. The number of fused-ring (bicyclic) bond motifs is 2. The third kappa shape index (κ3) is 3.39. The van der Waals surface area contributed by atoms with Crippen LogP contribution in [0.5, 0.6) is 0 Å². The third-order valence-corrected chi connectivity index (χ3v) is 5.88. The van der Waals surface area contributed by atoms with Crippen molar-refractivity contribution in [1.82, 2.24) is 24.6 Å². The molecule has 0 saturated carbocycles. The molecule has 0 radical (unpaired) electrons. The Morgan fingerprint density at radius 2 is 1.81 bits per heavy atom. The molecule has 1 saturated heterocycles. The van der Waals surface area contributed by atoms with Crippen molar-refractivity contribution >= 4 is 34.3 Å². The fraction of sp³-hybridized carbons (Fsp3) is 0.348. The van der Waals surface area contributed by atoms with Crippen LogP contribution in [0.1, 0.15) is 28.5 Å². The Kier molecular flexibility index (Phi) is 5.08. The Morgan fingerprint density at radius 3 is 2.59 bits per heavy atom. The number of benzene rings is 1. The van der Waals surface area contributed by atoms with Gasteiger partial charge in [-0.25, -0.2) is 14.8 Å². The van der Waals surface area contributed by atoms with Crippen LogP contribution >= 0.6 is 0 Å². The van der Waals surface area contributed by atoms with Gasteiger partial charge in [-0.05, 0) is 32.4 Å². The zero-order valence-electron chi connectivity index (χ0n) is 18.4. The minimum absolute atomic E-state index is 0.324. The van der Waals surface area contributed by atoms with Gasteiger partial charge in [0.05, 0.1) is 12.1 Å². The fourth-order valence-electron chi connectivity index (χ4n) is 4.32. The number of anilines is 2. The highest BCUT2D eigenvalue weighted by molar-refractivity contribution is 6.02. The van der Waals surface area contributed by atoms with Crippen LogP contribution in [-0.4, -0.2) is 63.3 Å². The predicted molar refractivity (Wildman–Crippen MR) is 122 cm³/mol. The first-order valence-corrected chi connectivity index (χ1v) is 10.8. The lowest BCUT2D eigenvalue weighted by Crippen LogP contribution is -2.48. The minimum atomic E-state index is -0.324. The molecule has 1 aliphatic rings. The van der Waals surface area contributed by atoms with E-state index in [0.717, 1.165) is 54.2 Å². The quantitative estimate of drug-likeness (QED) is 0.456. The summed E-state index contributed by atoms with van der Waals surface area (Å²) in [7, 11) is 0. The van der Waals surface area contributed by atoms with Gasteiger partial charge in [0.1, 0.15) is 23.5 Å². The number of carbonyl (C=O) groups is 1. The number of carbonyl (C=O) groups excluding carboxylic acids is 1. The molecule has 1 fully saturated rings. The lowest BCUT2D eigenvalue weighted by molar-refractivity contribution is 0.0526. The summed E-state index contributed by atoms with van der Waals surface area (Å²) in [6, 6.07) is 9.94. The molecule has 1 aliphatic heterocycles. The topological polar surface area (TPSA) is 88.8 Å². The van der Waals surface area contributed by atoms with Crippen LogP contribution in [0.3, 0.4) is 0 Å². The van der Waals surface area contributed by atoms with Crippen LogP contribution < -0.4 is 9.80 Å². The number of ether oxygens (including phenoxy) is 1. The van der Waals surface area contributed by atoms with Crippen molar-refractivity contribution in [3.63, 3.8) is 0 Å². The van der Waals surface area contributed by atoms with E-state index in [0.29, 0.717) is 23.8 Å². The maximum absolute atomic E-state index is 12.9. The van der Waals surface area contributed by atoms with Crippen molar-refractivity contribution in [2.75, 3.05) is 42.6 Å². The van der Waals surface area contributed by atoms with Crippen LogP contribution in [0.25, 0.3) is 16.7 Å². The molecule has 4 heterocycles. The Balaban J connectivity index is 1.49. The molecular formula is C23H25N7O2. The van der Waals surface area contributed by atoms with Crippen molar-refractivity contribution in [2.24, 2.45) is 0 Å². The number of aromatic nitrogens is 5. The number of hydrogen-bond acceptors (Lipinski definition) is 8. The molecule has 4 aromatic rings. The summed E-state index contributed by atoms with van der Waals surface area (Å²) >= 11 is 0. The van der Waals surface area contributed by atoms with Gasteiger partial charge >= 0.3 is 5.97 Å². The highest BCUT2D eigenvalue weighted by Crippen LogP contribution is 2.30. The van der Waals surface area contributed by atoms with E-state index in [1.54, 1.807) is 4.52 Å². The van der Waals surface area contributed by atoms with E-state index < -0.39 is 0 Å². The second-order valence-electron chi connectivity index (χ2n) is 7.87. The van der Waals surface area contributed by atoms with Crippen molar-refractivity contribution < 1.29 is 9.53 Å². The summed E-state index contributed by atoms with van der Waals surface area (Å²) in [6.07, 6.45) is 1.52. The van der Waals surface area contributed by atoms with Crippen molar-refractivity contribution in [1.29, 1.82) is 0 Å². The monoisotopic (exact) mass is 431 g/mol. The van der Waals surface area contributed by atoms with Crippen LogP contribution in [0.15, 0.2) is 36.7 Å². The number of nitrogens with zero attached hydrogens (tertiary/aromatic N) is 7. The molecule has 32 heavy (non-hydrogen) atoms. The second-order valence-corrected chi connectivity index (χ2v) is 7.87. The average molecular weight is 432 g/mol. The van der Waals surface area contributed by atoms with Gasteiger partial charge in [0.25, 0.3) is 5.78 Å². The lowest BCUT2D eigenvalue weighted by atomic mass is 10.0. The van der Waals surface area contributed by atoms with E-state index in [9.17, 15) is 4.79 Å². The van der Waals surface area contributed by atoms with Gasteiger partial charge in [-0.2, -0.15) is 14.6 Å². The third-order valence-electron chi connectivity index (χ3n) is 5.88. The van der Waals surface area contributed by atoms with Crippen molar-refractivity contribution in [3.8, 4) is 0 Å². The summed E-state index contributed by atoms with van der Waals surface area (Å²) in [5, 5.41) is 5.30. The molecule has 0 amide bonds. The van der Waals surface area contributed by atoms with E-state index in [2.05, 4.69) is 24.9 Å². The Bertz CT molecular complexity index is 1310. The average Bonchev–Trinajstić information content (AvgIpc) is 3.27. The molecule has 3 aromatic heterocycles. The van der Waals surface area contributed by atoms with Gasteiger partial charge in [-0.1, -0.05) is 18.2 Å². The largest absolute Gasteiger partial charge is 0.462 e. The molecule has 164 valence electrons. The van der Waals surface area contributed by atoms with Crippen LogP contribution in [-0.2, 0) is 4.74 Å². The number of rotatable bonds is 4. The van der Waals surface area contributed by atoms with E-state index in [1.807, 2.05) is 51.1 Å². The van der Waals surface area contributed by atoms with Crippen LogP contribution in [0.2, 0.25) is 0 Å². The lowest BCUT2D eigenvalue weighted by Gasteiger charge is -2.37. The maximum atomic E-state index is 12.9. The van der Waals surface area contributed by atoms with Crippen LogP contribution in [0.4, 0.5) is 11.6 Å². The molecule has 9 nitrogen and oxygen atoms in total. The molecule has 9 heteroatoms. The Labute approximate surface area is 185 Å². The zero-order chi connectivity index (χ0) is 22.2. The van der Waals surface area contributed by atoms with E-state index in [1.165, 1.54) is 6.33 Å². The first-order chi connectivity index (χ1) is 15.6.